The monoisotopic (exact) mass is 956 g/mol. The van der Waals surface area contributed by atoms with Crippen molar-refractivity contribution in [3.63, 3.8) is 0 Å². The number of nitrogens with zero attached hydrogens (tertiary/aromatic N) is 1. The van der Waals surface area contributed by atoms with Gasteiger partial charge in [0.1, 0.15) is 0 Å². The molecule has 0 amide bonds. The first-order valence-corrected chi connectivity index (χ1v) is 29.0. The van der Waals surface area contributed by atoms with E-state index in [2.05, 4.69) is 184 Å². The van der Waals surface area contributed by atoms with Crippen LogP contribution in [0.1, 0.15) is 182 Å². The van der Waals surface area contributed by atoms with Gasteiger partial charge in [-0.05, 0) is 248 Å². The highest BCUT2D eigenvalue weighted by Gasteiger charge is 2.56. The Kier molecular flexibility index (Phi) is 7.96. The van der Waals surface area contributed by atoms with Gasteiger partial charge >= 0.3 is 0 Å². The summed E-state index contributed by atoms with van der Waals surface area (Å²) in [4.78, 5) is 2.68. The molecule has 1 heteroatoms. The van der Waals surface area contributed by atoms with Gasteiger partial charge in [0.15, 0.2) is 0 Å². The van der Waals surface area contributed by atoms with Crippen LogP contribution in [0.5, 0.6) is 0 Å². The maximum Gasteiger partial charge on any atom is 0.0726 e. The molecule has 1 nitrogen and oxygen atoms in total. The van der Waals surface area contributed by atoms with Crippen molar-refractivity contribution in [3.8, 4) is 44.5 Å². The molecule has 0 heterocycles. The Morgan fingerprint density at radius 3 is 1.18 bits per heavy atom. The van der Waals surface area contributed by atoms with E-state index in [-0.39, 0.29) is 10.8 Å². The standard InChI is InChI=1S/C73H65N/c1-71(2)61-15-8-5-12-50(61)52-22-20-48(34-65(52)71)74(49-21-23-53-51-13-6-9-16-62(51)72(3,4)66(53)35-49)69-19-11-18-64-70(69)54-14-7-10-17-63(54)73(64)67-38-57-46-30-40-24-41(31-46)27-44(26-40)55(57)36-59(67)60-37-56-45-28-42-25-43(29-45)33-47(32-42)58(56)39-68(60)73/h5-23,34-47H,24-33H2,1-4H3. The van der Waals surface area contributed by atoms with Crippen molar-refractivity contribution < 1.29 is 0 Å². The fourth-order valence-corrected chi connectivity index (χ4v) is 19.8. The number of fused-ring (bicyclic) bond motifs is 16. The van der Waals surface area contributed by atoms with Gasteiger partial charge in [-0.15, -0.1) is 0 Å². The number of hydrogen-bond donors (Lipinski definition) is 0. The lowest BCUT2D eigenvalue weighted by atomic mass is 9.66. The summed E-state index contributed by atoms with van der Waals surface area (Å²) in [6.07, 6.45) is 14.1. The lowest BCUT2D eigenvalue weighted by molar-refractivity contribution is 0.165. The molecule has 0 aromatic heterocycles. The Morgan fingerprint density at radius 1 is 0.311 bits per heavy atom. The highest BCUT2D eigenvalue weighted by molar-refractivity contribution is 6.02. The molecular weight excluding hydrogens is 891 g/mol. The molecule has 12 aliphatic rings. The average molecular weight is 956 g/mol. The van der Waals surface area contributed by atoms with Gasteiger partial charge in [-0.2, -0.15) is 0 Å². The molecule has 8 aromatic carbocycles. The lowest BCUT2D eigenvalue weighted by Gasteiger charge is -2.38. The van der Waals surface area contributed by atoms with Gasteiger partial charge in [-0.3, -0.25) is 0 Å². The highest BCUT2D eigenvalue weighted by atomic mass is 15.1. The van der Waals surface area contributed by atoms with Crippen molar-refractivity contribution in [1.82, 2.24) is 0 Å². The van der Waals surface area contributed by atoms with Gasteiger partial charge in [0, 0.05) is 27.8 Å². The van der Waals surface area contributed by atoms with E-state index in [1.54, 1.807) is 44.5 Å². The number of anilines is 3. The second-order valence-electron chi connectivity index (χ2n) is 26.8. The second-order valence-corrected chi connectivity index (χ2v) is 26.8. The third-order valence-electron chi connectivity index (χ3n) is 22.5. The van der Waals surface area contributed by atoms with Crippen LogP contribution in [0.25, 0.3) is 44.5 Å². The quantitative estimate of drug-likeness (QED) is 0.171. The molecule has 74 heavy (non-hydrogen) atoms. The maximum absolute atomic E-state index is 2.87. The van der Waals surface area contributed by atoms with Gasteiger partial charge < -0.3 is 4.90 Å². The molecule has 20 rings (SSSR count). The van der Waals surface area contributed by atoms with Crippen molar-refractivity contribution in [3.05, 3.63) is 218 Å². The summed E-state index contributed by atoms with van der Waals surface area (Å²) in [6.45, 7) is 9.74. The van der Waals surface area contributed by atoms with E-state index in [9.17, 15) is 0 Å². The molecule has 0 N–H and O–H groups in total. The molecule has 0 saturated heterocycles. The second kappa shape index (κ2) is 14.1. The third kappa shape index (κ3) is 5.14. The number of benzene rings is 8. The number of hydrogen-bond acceptors (Lipinski definition) is 1. The molecule has 0 radical (unpaired) electrons. The Bertz CT molecular complexity index is 3610. The third-order valence-corrected chi connectivity index (χ3v) is 22.5. The first-order valence-electron chi connectivity index (χ1n) is 29.0. The minimum absolute atomic E-state index is 0.130. The first-order chi connectivity index (χ1) is 36.1. The summed E-state index contributed by atoms with van der Waals surface area (Å²) in [7, 11) is 0. The summed E-state index contributed by atoms with van der Waals surface area (Å²) < 4.78 is 0. The average Bonchev–Trinajstić information content (AvgIpc) is 3.95. The zero-order valence-corrected chi connectivity index (χ0v) is 43.6. The van der Waals surface area contributed by atoms with E-state index < -0.39 is 5.41 Å². The summed E-state index contributed by atoms with van der Waals surface area (Å²) in [5.41, 5.74) is 33.1. The fourth-order valence-electron chi connectivity index (χ4n) is 19.8. The fraction of sp³-hybridized carbons (Fsp3) is 0.342. The smallest absolute Gasteiger partial charge is 0.0726 e. The van der Waals surface area contributed by atoms with Crippen LogP contribution >= 0.6 is 0 Å². The summed E-state index contributed by atoms with van der Waals surface area (Å²) in [6, 6.07) is 61.8. The minimum atomic E-state index is -0.419. The molecule has 1 spiro atoms. The van der Waals surface area contributed by atoms with Crippen molar-refractivity contribution in [2.75, 3.05) is 4.90 Å². The van der Waals surface area contributed by atoms with Crippen LogP contribution in [-0.2, 0) is 16.2 Å². The van der Waals surface area contributed by atoms with Crippen molar-refractivity contribution >= 4 is 17.1 Å². The first kappa shape index (κ1) is 41.9. The number of rotatable bonds is 3. The van der Waals surface area contributed by atoms with Crippen LogP contribution in [0.2, 0.25) is 0 Å². The van der Waals surface area contributed by atoms with Gasteiger partial charge in [-0.25, -0.2) is 0 Å². The molecule has 4 fully saturated rings. The molecule has 4 atom stereocenters. The molecule has 4 saturated carbocycles. The van der Waals surface area contributed by atoms with E-state index in [1.165, 1.54) is 148 Å². The van der Waals surface area contributed by atoms with Crippen molar-refractivity contribution in [1.29, 1.82) is 0 Å². The topological polar surface area (TPSA) is 3.24 Å². The molecule has 12 aliphatic carbocycles. The zero-order valence-electron chi connectivity index (χ0n) is 43.6. The van der Waals surface area contributed by atoms with Crippen LogP contribution in [0.4, 0.5) is 17.1 Å². The van der Waals surface area contributed by atoms with E-state index in [0.29, 0.717) is 23.7 Å². The Hall–Kier alpha value is -6.44. The molecular formula is C73H65N. The van der Waals surface area contributed by atoms with Crippen LogP contribution in [0.3, 0.4) is 0 Å². The van der Waals surface area contributed by atoms with Gasteiger partial charge in [0.2, 0.25) is 0 Å². The Labute approximate surface area is 438 Å². The van der Waals surface area contributed by atoms with E-state index in [0.717, 1.165) is 23.7 Å². The van der Waals surface area contributed by atoms with Gasteiger partial charge in [-0.1, -0.05) is 149 Å². The summed E-state index contributed by atoms with van der Waals surface area (Å²) >= 11 is 0. The van der Waals surface area contributed by atoms with Crippen molar-refractivity contribution in [2.24, 2.45) is 23.7 Å². The Balaban J connectivity index is 0.917. The summed E-state index contributed by atoms with van der Waals surface area (Å²) in [5.74, 6) is 6.33. The molecule has 4 unspecified atom stereocenters. The predicted octanol–water partition coefficient (Wildman–Crippen LogP) is 18.9. The van der Waals surface area contributed by atoms with Crippen LogP contribution < -0.4 is 4.90 Å². The SMILES string of the molecule is CC1(C)c2ccccc2-c2ccc(N(c3ccc4c(c3)C(C)(C)c3ccccc3-4)c3cccc4c3-c3ccccc3C43c4cc5c(cc4-c4cc6c(cc43)C3CC4CC(CC6C4)C3)C3CC4CC(C3)CC5C4)cc21. The molecule has 8 aromatic rings. The normalized spacial score (nSPS) is 28.8. The molecule has 362 valence electrons. The van der Waals surface area contributed by atoms with Crippen LogP contribution in [0, 0.1) is 23.7 Å². The predicted molar refractivity (Wildman–Crippen MR) is 304 cm³/mol. The maximum atomic E-state index is 2.87. The van der Waals surface area contributed by atoms with Crippen LogP contribution in [0.15, 0.2) is 152 Å². The molecule has 0 aliphatic heterocycles. The van der Waals surface area contributed by atoms with Gasteiger partial charge in [0.25, 0.3) is 0 Å². The largest absolute Gasteiger partial charge is 0.310 e. The van der Waals surface area contributed by atoms with E-state index in [4.69, 9.17) is 0 Å². The van der Waals surface area contributed by atoms with E-state index >= 15 is 0 Å². The summed E-state index contributed by atoms with van der Waals surface area (Å²) in [5, 5.41) is 0. The minimum Gasteiger partial charge on any atom is -0.310 e. The van der Waals surface area contributed by atoms with Crippen molar-refractivity contribution in [2.45, 2.75) is 132 Å². The highest BCUT2D eigenvalue weighted by Crippen LogP contribution is 2.69. The zero-order chi connectivity index (χ0) is 48.7. The molecule has 8 bridgehead atoms. The van der Waals surface area contributed by atoms with E-state index in [1.807, 2.05) is 0 Å². The van der Waals surface area contributed by atoms with Crippen LogP contribution in [-0.4, -0.2) is 0 Å². The van der Waals surface area contributed by atoms with Gasteiger partial charge in [0.05, 0.1) is 11.1 Å². The lowest BCUT2D eigenvalue weighted by Crippen LogP contribution is -2.27. The Morgan fingerprint density at radius 2 is 0.703 bits per heavy atom.